The van der Waals surface area contributed by atoms with Crippen LogP contribution in [0, 0.1) is 3.57 Å². The fraction of sp³-hybridized carbons (Fsp3) is 0. The first kappa shape index (κ1) is 14.3. The van der Waals surface area contributed by atoms with Crippen molar-refractivity contribution in [3.05, 3.63) is 66.6 Å². The highest BCUT2D eigenvalue weighted by Gasteiger charge is 1.89. The van der Waals surface area contributed by atoms with Gasteiger partial charge < -0.3 is 0 Å². The average Bonchev–Trinajstić information content (AvgIpc) is 2.28. The Bertz CT molecular complexity index is 375. The van der Waals surface area contributed by atoms with Crippen LogP contribution in [-0.2, 0) is 0 Å². The molecule has 16 heavy (non-hydrogen) atoms. The van der Waals surface area contributed by atoms with Gasteiger partial charge in [-0.05, 0) is 62.8 Å². The van der Waals surface area contributed by atoms with Crippen LogP contribution in [0.2, 0.25) is 10.0 Å². The van der Waals surface area contributed by atoms with Crippen molar-refractivity contribution < 1.29 is 0 Å². The molecule has 0 fully saturated rings. The van der Waals surface area contributed by atoms with Crippen molar-refractivity contribution in [2.75, 3.05) is 0 Å². The monoisotopic (exact) mass is 428 g/mol. The predicted octanol–water partition coefficient (Wildman–Crippen LogP) is 6.05. The fourth-order valence-electron chi connectivity index (χ4n) is 0.879. The van der Waals surface area contributed by atoms with E-state index in [0.29, 0.717) is 10.0 Å². The van der Waals surface area contributed by atoms with E-state index < -0.39 is 0 Å². The molecule has 0 aliphatic heterocycles. The van der Waals surface area contributed by atoms with E-state index in [-0.39, 0.29) is 0 Å². The van der Waals surface area contributed by atoms with Gasteiger partial charge in [0, 0.05) is 8.04 Å². The third-order valence-corrected chi connectivity index (χ3v) is 4.78. The van der Waals surface area contributed by atoms with Crippen LogP contribution in [0.25, 0.3) is 0 Å². The molecule has 0 N–H and O–H groups in total. The van der Waals surface area contributed by atoms with Gasteiger partial charge in [0.15, 0.2) is 0 Å². The molecule has 2 aromatic rings. The Kier molecular flexibility index (Phi) is 6.73. The summed E-state index contributed by atoms with van der Waals surface area (Å²) >= 11 is 16.8. The van der Waals surface area contributed by atoms with E-state index in [1.54, 1.807) is 12.1 Å². The van der Waals surface area contributed by atoms with E-state index in [0.717, 1.165) is 0 Å². The van der Waals surface area contributed by atoms with Crippen LogP contribution in [0.15, 0.2) is 53.0 Å². The molecule has 0 aromatic heterocycles. The maximum atomic E-state index is 5.58. The van der Waals surface area contributed by atoms with Gasteiger partial charge in [-0.25, -0.2) is 0 Å². The number of rotatable bonds is 0. The molecule has 4 heteroatoms. The minimum absolute atomic E-state index is 0.606. The lowest BCUT2D eigenvalue weighted by Crippen LogP contribution is -1.68. The molecule has 0 saturated heterocycles. The quantitative estimate of drug-likeness (QED) is 0.447. The van der Waals surface area contributed by atoms with E-state index in [2.05, 4.69) is 44.6 Å². The van der Waals surface area contributed by atoms with E-state index >= 15 is 0 Å². The summed E-state index contributed by atoms with van der Waals surface area (Å²) in [4.78, 5) is 0. The molecule has 0 amide bonds. The minimum Gasteiger partial charge on any atom is -0.0827 e. The highest BCUT2D eigenvalue weighted by Crippen LogP contribution is 2.19. The lowest BCUT2D eigenvalue weighted by atomic mass is 10.4. The molecule has 0 aliphatic carbocycles. The Morgan fingerprint density at radius 1 is 0.812 bits per heavy atom. The van der Waals surface area contributed by atoms with Gasteiger partial charge in [0.2, 0.25) is 0 Å². The van der Waals surface area contributed by atoms with Gasteiger partial charge in [0.05, 0.1) is 10.0 Å². The smallest absolute Gasteiger partial charge is 0.0592 e. The maximum absolute atomic E-state index is 5.58. The molecule has 0 atom stereocenters. The summed E-state index contributed by atoms with van der Waals surface area (Å²) in [6.45, 7) is 0. The molecular weight excluding hydrogens is 422 g/mol. The van der Waals surface area contributed by atoms with Gasteiger partial charge in [-0.3, -0.25) is 0 Å². The van der Waals surface area contributed by atoms with Crippen LogP contribution < -0.4 is 0 Å². The number of halogens is 4. The van der Waals surface area contributed by atoms with Gasteiger partial charge in [-0.2, -0.15) is 0 Å². The summed E-state index contributed by atoms with van der Waals surface area (Å²) < 4.78 is 2.42. The second-order valence-electron chi connectivity index (χ2n) is 2.83. The zero-order valence-corrected chi connectivity index (χ0v) is 13.4. The third kappa shape index (κ3) is 5.04. The van der Waals surface area contributed by atoms with Crippen LogP contribution in [0.3, 0.4) is 0 Å². The SMILES string of the molecule is Brc1ccccc1I.Clc1ccccc1Cl. The summed E-state index contributed by atoms with van der Waals surface area (Å²) in [6, 6.07) is 15.3. The Labute approximate surface area is 127 Å². The second-order valence-corrected chi connectivity index (χ2v) is 5.66. The molecule has 0 heterocycles. The molecule has 0 saturated carbocycles. The number of benzene rings is 2. The Morgan fingerprint density at radius 3 is 1.56 bits per heavy atom. The van der Waals surface area contributed by atoms with Crippen molar-refractivity contribution in [3.63, 3.8) is 0 Å². The predicted molar refractivity (Wildman–Crippen MR) is 83.3 cm³/mol. The van der Waals surface area contributed by atoms with E-state index in [1.165, 1.54) is 8.04 Å². The Morgan fingerprint density at radius 2 is 1.25 bits per heavy atom. The van der Waals surface area contributed by atoms with Crippen molar-refractivity contribution >= 4 is 61.7 Å². The molecule has 0 unspecified atom stereocenters. The van der Waals surface area contributed by atoms with Crippen molar-refractivity contribution in [1.29, 1.82) is 0 Å². The van der Waals surface area contributed by atoms with E-state index in [9.17, 15) is 0 Å². The van der Waals surface area contributed by atoms with Gasteiger partial charge in [0.1, 0.15) is 0 Å². The topological polar surface area (TPSA) is 0 Å². The first-order chi connectivity index (χ1) is 7.61. The highest BCUT2D eigenvalue weighted by atomic mass is 127. The lowest BCUT2D eigenvalue weighted by molar-refractivity contribution is 1.59. The molecule has 0 radical (unpaired) electrons. The second kappa shape index (κ2) is 7.54. The normalized spacial score (nSPS) is 9.25. The molecule has 0 spiro atoms. The van der Waals surface area contributed by atoms with Crippen molar-refractivity contribution in [2.45, 2.75) is 0 Å². The fourth-order valence-corrected chi connectivity index (χ4v) is 1.82. The summed E-state index contributed by atoms with van der Waals surface area (Å²) in [5.41, 5.74) is 0. The van der Waals surface area contributed by atoms with E-state index in [1.807, 2.05) is 30.3 Å². The van der Waals surface area contributed by atoms with Crippen LogP contribution in [0.5, 0.6) is 0 Å². The van der Waals surface area contributed by atoms with Gasteiger partial charge in [0.25, 0.3) is 0 Å². The molecule has 2 aromatic carbocycles. The molecule has 84 valence electrons. The van der Waals surface area contributed by atoms with Crippen molar-refractivity contribution in [2.24, 2.45) is 0 Å². The summed E-state index contributed by atoms with van der Waals surface area (Å²) in [5.74, 6) is 0. The largest absolute Gasteiger partial charge is 0.0827 e. The summed E-state index contributed by atoms with van der Waals surface area (Å²) in [5, 5.41) is 1.21. The van der Waals surface area contributed by atoms with E-state index in [4.69, 9.17) is 23.2 Å². The first-order valence-corrected chi connectivity index (χ1v) is 7.04. The zero-order chi connectivity index (χ0) is 12.0. The molecular formula is C12H8BrCl2I. The lowest BCUT2D eigenvalue weighted by Gasteiger charge is -1.89. The third-order valence-electron chi connectivity index (χ3n) is 1.65. The highest BCUT2D eigenvalue weighted by molar-refractivity contribution is 14.1. The summed E-state index contributed by atoms with van der Waals surface area (Å²) in [7, 11) is 0. The van der Waals surface area contributed by atoms with Crippen LogP contribution in [0.1, 0.15) is 0 Å². The van der Waals surface area contributed by atoms with Crippen LogP contribution >= 0.6 is 61.7 Å². The Balaban J connectivity index is 0.000000160. The number of hydrogen-bond acceptors (Lipinski definition) is 0. The van der Waals surface area contributed by atoms with Gasteiger partial charge in [-0.1, -0.05) is 47.5 Å². The standard InChI is InChI=1S/C6H4BrI.C6H4Cl2/c2*7-5-3-1-2-4-6(5)8/h2*1-4H. The minimum atomic E-state index is 0.606. The van der Waals surface area contributed by atoms with Crippen molar-refractivity contribution in [3.8, 4) is 0 Å². The maximum Gasteiger partial charge on any atom is 0.0592 e. The van der Waals surface area contributed by atoms with Crippen LogP contribution in [-0.4, -0.2) is 0 Å². The average molecular weight is 430 g/mol. The van der Waals surface area contributed by atoms with Gasteiger partial charge >= 0.3 is 0 Å². The molecule has 0 aliphatic rings. The molecule has 2 rings (SSSR count). The molecule has 0 nitrogen and oxygen atoms in total. The Hall–Kier alpha value is 0.230. The number of hydrogen-bond donors (Lipinski definition) is 0. The van der Waals surface area contributed by atoms with Crippen molar-refractivity contribution in [1.82, 2.24) is 0 Å². The molecule has 0 bridgehead atoms. The zero-order valence-electron chi connectivity index (χ0n) is 8.13. The summed E-state index contributed by atoms with van der Waals surface area (Å²) in [6.07, 6.45) is 0. The first-order valence-electron chi connectivity index (χ1n) is 4.41. The van der Waals surface area contributed by atoms with Crippen LogP contribution in [0.4, 0.5) is 0 Å². The van der Waals surface area contributed by atoms with Gasteiger partial charge in [-0.15, -0.1) is 0 Å².